The molecule has 6 nitrogen and oxygen atoms in total. The summed E-state index contributed by atoms with van der Waals surface area (Å²) in [6, 6.07) is 1.03. The molecule has 2 aliphatic carbocycles. The Morgan fingerprint density at radius 2 is 1.57 bits per heavy atom. The molecule has 28 heavy (non-hydrogen) atoms. The summed E-state index contributed by atoms with van der Waals surface area (Å²) in [5, 5.41) is 24.4. The predicted octanol–water partition coefficient (Wildman–Crippen LogP) is 0.960. The number of nitrogens with one attached hydrogen (secondary N) is 1. The molecule has 0 aromatic heterocycles. The van der Waals surface area contributed by atoms with Gasteiger partial charge in [0.05, 0.1) is 24.1 Å². The fraction of sp³-hybridized carbons (Fsp3) is 0.905. The van der Waals surface area contributed by atoms with E-state index in [0.29, 0.717) is 6.42 Å². The van der Waals surface area contributed by atoms with E-state index in [1.807, 2.05) is 6.92 Å². The molecule has 2 atom stereocenters. The van der Waals surface area contributed by atoms with Gasteiger partial charge >= 0.3 is 0 Å². The highest BCUT2D eigenvalue weighted by Gasteiger charge is 2.22. The van der Waals surface area contributed by atoms with Gasteiger partial charge in [0, 0.05) is 24.5 Å². The van der Waals surface area contributed by atoms with E-state index >= 15 is 0 Å². The zero-order chi connectivity index (χ0) is 20.8. The molecule has 0 saturated heterocycles. The number of quaternary nitrogens is 1. The van der Waals surface area contributed by atoms with Gasteiger partial charge in [-0.15, -0.1) is 0 Å². The molecule has 1 amide bonds. The lowest BCUT2D eigenvalue weighted by molar-refractivity contribution is -0.725. The van der Waals surface area contributed by atoms with Gasteiger partial charge in [0.15, 0.2) is 0 Å². The van der Waals surface area contributed by atoms with Crippen LogP contribution in [0.25, 0.3) is 0 Å². The van der Waals surface area contributed by atoms with Crippen LogP contribution in [0.3, 0.4) is 0 Å². The number of hydrogen-bond donors (Lipinski definition) is 3. The predicted molar refractivity (Wildman–Crippen MR) is 112 cm³/mol. The lowest BCUT2D eigenvalue weighted by Gasteiger charge is -2.27. The van der Waals surface area contributed by atoms with Crippen molar-refractivity contribution in [2.45, 2.75) is 108 Å². The minimum absolute atomic E-state index is 0.0737. The lowest BCUT2D eigenvalue weighted by Crippen LogP contribution is -2.95. The number of nitrogens with two attached hydrogens (primary N) is 1. The second-order valence-corrected chi connectivity index (χ2v) is 9.69. The van der Waals surface area contributed by atoms with E-state index in [0.717, 1.165) is 12.1 Å². The Balaban J connectivity index is 0.000000281. The first-order valence-corrected chi connectivity index (χ1v) is 12.0. The Morgan fingerprint density at radius 1 is 1.07 bits per heavy atom. The van der Waals surface area contributed by atoms with Gasteiger partial charge in [-0.3, -0.25) is 4.79 Å². The molecule has 0 spiro atoms. The zero-order valence-electron chi connectivity index (χ0n) is 17.7. The largest absolute Gasteiger partial charge is 0.548 e. The fourth-order valence-electron chi connectivity index (χ4n) is 3.98. The third kappa shape index (κ3) is 11.9. The number of carbonyl (C=O) groups excluding carboxylic acids is 2. The van der Waals surface area contributed by atoms with Crippen molar-refractivity contribution in [1.82, 2.24) is 5.32 Å². The Kier molecular flexibility index (Phi) is 13.6. The maximum absolute atomic E-state index is 10.7. The van der Waals surface area contributed by atoms with Gasteiger partial charge in [-0.2, -0.15) is 11.8 Å². The van der Waals surface area contributed by atoms with Crippen LogP contribution in [0.5, 0.6) is 0 Å². The standard InChI is InChI=1S/C12H23N.C9H17NO4S/c1-3-7-11(8-4-1)13-12-9-5-2-6-10-12;1-6(3-4-11)15-5-8(9(13)14)10-7(2)12/h11-13H,1-10H2;6,8,11H,3-5H2,1-2H3,(H,10,12)(H,13,14). The molecule has 0 bridgehead atoms. The number of hydrogen-bond acceptors (Lipinski definition) is 5. The van der Waals surface area contributed by atoms with Crippen molar-refractivity contribution >= 4 is 23.6 Å². The minimum Gasteiger partial charge on any atom is -0.548 e. The quantitative estimate of drug-likeness (QED) is 0.519. The molecular weight excluding hydrogens is 376 g/mol. The first-order chi connectivity index (χ1) is 13.4. The molecule has 0 aromatic rings. The van der Waals surface area contributed by atoms with Crippen LogP contribution >= 0.6 is 11.8 Å². The number of aliphatic hydroxyl groups is 1. The average molecular weight is 417 g/mol. The Morgan fingerprint density at radius 3 is 1.96 bits per heavy atom. The summed E-state index contributed by atoms with van der Waals surface area (Å²) in [5.41, 5.74) is 0. The molecule has 4 N–H and O–H groups in total. The highest BCUT2D eigenvalue weighted by Crippen LogP contribution is 2.18. The molecule has 2 rings (SSSR count). The molecule has 0 aromatic carbocycles. The van der Waals surface area contributed by atoms with Crippen molar-refractivity contribution in [2.75, 3.05) is 12.4 Å². The molecule has 0 aliphatic heterocycles. The number of carboxylic acids is 1. The Labute approximate surface area is 174 Å². The summed E-state index contributed by atoms with van der Waals surface area (Å²) in [6.45, 7) is 3.23. The van der Waals surface area contributed by atoms with Crippen LogP contribution in [0.4, 0.5) is 0 Å². The van der Waals surface area contributed by atoms with E-state index in [4.69, 9.17) is 5.11 Å². The van der Waals surface area contributed by atoms with E-state index in [2.05, 4.69) is 10.6 Å². The first kappa shape index (κ1) is 25.2. The monoisotopic (exact) mass is 416 g/mol. The third-order valence-electron chi connectivity index (χ3n) is 5.59. The average Bonchev–Trinajstić information content (AvgIpc) is 2.67. The van der Waals surface area contributed by atoms with Crippen LogP contribution in [0.2, 0.25) is 0 Å². The van der Waals surface area contributed by atoms with E-state index in [-0.39, 0.29) is 23.5 Å². The minimum atomic E-state index is -1.28. The van der Waals surface area contributed by atoms with Gasteiger partial charge in [0.1, 0.15) is 0 Å². The highest BCUT2D eigenvalue weighted by molar-refractivity contribution is 7.99. The molecule has 2 aliphatic rings. The second-order valence-electron chi connectivity index (χ2n) is 8.22. The zero-order valence-corrected chi connectivity index (χ0v) is 18.5. The summed E-state index contributed by atoms with van der Waals surface area (Å²) in [6.07, 6.45) is 15.6. The fourth-order valence-corrected chi connectivity index (χ4v) is 4.99. The molecule has 0 radical (unpaired) electrons. The Bertz CT molecular complexity index is 422. The number of aliphatic hydroxyl groups excluding tert-OH is 1. The van der Waals surface area contributed by atoms with E-state index in [1.54, 1.807) is 0 Å². The third-order valence-corrected chi connectivity index (χ3v) is 6.92. The molecule has 2 fully saturated rings. The smallest absolute Gasteiger partial charge is 0.217 e. The van der Waals surface area contributed by atoms with Crippen molar-refractivity contribution in [2.24, 2.45) is 0 Å². The first-order valence-electron chi connectivity index (χ1n) is 11.0. The normalized spacial score (nSPS) is 20.5. The Hall–Kier alpha value is -0.790. The van der Waals surface area contributed by atoms with Gasteiger partial charge in [0.25, 0.3) is 0 Å². The summed E-state index contributed by atoms with van der Waals surface area (Å²) in [5.74, 6) is -1.42. The summed E-state index contributed by atoms with van der Waals surface area (Å²) in [7, 11) is 0. The van der Waals surface area contributed by atoms with Gasteiger partial charge < -0.3 is 25.6 Å². The van der Waals surface area contributed by atoms with Gasteiger partial charge in [0.2, 0.25) is 5.91 Å². The van der Waals surface area contributed by atoms with Crippen molar-refractivity contribution in [1.29, 1.82) is 0 Å². The maximum Gasteiger partial charge on any atom is 0.217 e. The molecule has 2 saturated carbocycles. The molecule has 2 unspecified atom stereocenters. The maximum atomic E-state index is 10.7. The summed E-state index contributed by atoms with van der Waals surface area (Å²) >= 11 is 1.38. The number of rotatable bonds is 9. The van der Waals surface area contributed by atoms with Crippen molar-refractivity contribution < 1.29 is 25.1 Å². The van der Waals surface area contributed by atoms with Crippen molar-refractivity contribution in [3.8, 4) is 0 Å². The van der Waals surface area contributed by atoms with Gasteiger partial charge in [-0.1, -0.05) is 19.8 Å². The molecular formula is C21H40N2O4S. The van der Waals surface area contributed by atoms with E-state index in [9.17, 15) is 14.7 Å². The van der Waals surface area contributed by atoms with Crippen LogP contribution in [0, 0.1) is 0 Å². The SMILES string of the molecule is C1CCC([NH2+]C2CCCCC2)CC1.CC(=O)NC(CSC(C)CCO)C(=O)[O-]. The molecule has 7 heteroatoms. The molecule has 164 valence electrons. The van der Waals surface area contributed by atoms with Crippen LogP contribution < -0.4 is 15.7 Å². The van der Waals surface area contributed by atoms with Gasteiger partial charge in [-0.05, 0) is 57.8 Å². The van der Waals surface area contributed by atoms with Gasteiger partial charge in [-0.25, -0.2) is 0 Å². The second kappa shape index (κ2) is 15.1. The number of aliphatic carboxylic acids is 1. The van der Waals surface area contributed by atoms with Crippen LogP contribution in [0.1, 0.15) is 84.5 Å². The molecule has 0 heterocycles. The number of carboxylic acid groups (broad SMARTS) is 1. The van der Waals surface area contributed by atoms with E-state index in [1.165, 1.54) is 82.9 Å². The van der Waals surface area contributed by atoms with E-state index < -0.39 is 12.0 Å². The van der Waals surface area contributed by atoms with Crippen molar-refractivity contribution in [3.63, 3.8) is 0 Å². The number of amides is 1. The highest BCUT2D eigenvalue weighted by atomic mass is 32.2. The lowest BCUT2D eigenvalue weighted by atomic mass is 9.91. The van der Waals surface area contributed by atoms with Crippen LogP contribution in [0.15, 0.2) is 0 Å². The summed E-state index contributed by atoms with van der Waals surface area (Å²) < 4.78 is 0. The summed E-state index contributed by atoms with van der Waals surface area (Å²) in [4.78, 5) is 21.3. The topological polar surface area (TPSA) is 106 Å². The van der Waals surface area contributed by atoms with Crippen LogP contribution in [-0.4, -0.2) is 52.7 Å². The van der Waals surface area contributed by atoms with Crippen molar-refractivity contribution in [3.05, 3.63) is 0 Å². The number of thioether (sulfide) groups is 1. The number of carbonyl (C=O) groups is 2. The van der Waals surface area contributed by atoms with Crippen LogP contribution in [-0.2, 0) is 9.59 Å².